The number of rotatable bonds is 2. The van der Waals surface area contributed by atoms with Crippen LogP contribution in [0.4, 0.5) is 5.69 Å². The maximum atomic E-state index is 11.6. The molecule has 0 atom stereocenters. The first-order valence-corrected chi connectivity index (χ1v) is 8.67. The van der Waals surface area contributed by atoms with Gasteiger partial charge in [0.05, 0.1) is 11.9 Å². The molecule has 1 saturated heterocycles. The molecule has 0 unspecified atom stereocenters. The van der Waals surface area contributed by atoms with Crippen LogP contribution in [0.25, 0.3) is 10.9 Å². The van der Waals surface area contributed by atoms with Gasteiger partial charge in [-0.25, -0.2) is 12.7 Å². The van der Waals surface area contributed by atoms with Gasteiger partial charge < -0.3 is 9.88 Å². The van der Waals surface area contributed by atoms with Crippen molar-refractivity contribution in [2.45, 2.75) is 6.42 Å². The summed E-state index contributed by atoms with van der Waals surface area (Å²) in [5.41, 5.74) is 2.28. The van der Waals surface area contributed by atoms with E-state index in [1.54, 1.807) is 4.31 Å². The molecule has 1 aliphatic heterocycles. The number of hydrogen-bond acceptors (Lipinski definition) is 3. The van der Waals surface area contributed by atoms with Crippen molar-refractivity contribution in [2.24, 2.45) is 0 Å². The summed E-state index contributed by atoms with van der Waals surface area (Å²) in [5.74, 6) is 0. The van der Waals surface area contributed by atoms with Crippen LogP contribution in [0.15, 0.2) is 30.5 Å². The Balaban J connectivity index is 1.85. The van der Waals surface area contributed by atoms with Gasteiger partial charge in [-0.2, -0.15) is 0 Å². The Labute approximate surface area is 119 Å². The van der Waals surface area contributed by atoms with Gasteiger partial charge in [0, 0.05) is 43.3 Å². The molecule has 0 radical (unpaired) electrons. The van der Waals surface area contributed by atoms with Crippen molar-refractivity contribution in [2.75, 3.05) is 37.3 Å². The molecule has 6 heteroatoms. The summed E-state index contributed by atoms with van der Waals surface area (Å²) in [6.45, 7) is 2.78. The topological polar surface area (TPSA) is 56.4 Å². The number of aromatic nitrogens is 1. The fourth-order valence-corrected chi connectivity index (χ4v) is 3.66. The molecule has 2 aromatic rings. The minimum Gasteiger partial charge on any atom is -0.368 e. The van der Waals surface area contributed by atoms with E-state index in [1.165, 1.54) is 11.6 Å². The Morgan fingerprint density at radius 1 is 1.10 bits per heavy atom. The summed E-state index contributed by atoms with van der Waals surface area (Å²) in [4.78, 5) is 5.54. The van der Waals surface area contributed by atoms with Crippen molar-refractivity contribution in [3.63, 3.8) is 0 Å². The van der Waals surface area contributed by atoms with E-state index in [0.29, 0.717) is 13.1 Å². The van der Waals surface area contributed by atoms with E-state index in [2.05, 4.69) is 22.0 Å². The van der Waals surface area contributed by atoms with Crippen LogP contribution in [0.1, 0.15) is 6.42 Å². The van der Waals surface area contributed by atoms with E-state index < -0.39 is 10.0 Å². The molecule has 0 amide bonds. The van der Waals surface area contributed by atoms with Crippen molar-refractivity contribution in [1.82, 2.24) is 9.29 Å². The molecule has 108 valence electrons. The predicted molar refractivity (Wildman–Crippen MR) is 81.5 cm³/mol. The van der Waals surface area contributed by atoms with Gasteiger partial charge in [-0.3, -0.25) is 0 Å². The van der Waals surface area contributed by atoms with E-state index in [9.17, 15) is 8.42 Å². The molecular weight excluding hydrogens is 274 g/mol. The Kier molecular flexibility index (Phi) is 3.43. The second kappa shape index (κ2) is 5.10. The summed E-state index contributed by atoms with van der Waals surface area (Å²) in [5, 5.41) is 1.19. The largest absolute Gasteiger partial charge is 0.368 e. The lowest BCUT2D eigenvalue weighted by molar-refractivity contribution is 0.437. The van der Waals surface area contributed by atoms with E-state index in [4.69, 9.17) is 0 Å². The van der Waals surface area contributed by atoms with Crippen LogP contribution < -0.4 is 4.90 Å². The van der Waals surface area contributed by atoms with Crippen LogP contribution in [0, 0.1) is 0 Å². The van der Waals surface area contributed by atoms with E-state index >= 15 is 0 Å². The maximum Gasteiger partial charge on any atom is 0.211 e. The number of benzene rings is 1. The number of fused-ring (bicyclic) bond motifs is 1. The second-order valence-electron chi connectivity index (χ2n) is 5.22. The highest BCUT2D eigenvalue weighted by molar-refractivity contribution is 7.88. The zero-order valence-corrected chi connectivity index (χ0v) is 12.4. The smallest absolute Gasteiger partial charge is 0.211 e. The molecule has 1 N–H and O–H groups in total. The number of aromatic amines is 1. The van der Waals surface area contributed by atoms with Crippen LogP contribution in [-0.2, 0) is 10.0 Å². The van der Waals surface area contributed by atoms with Gasteiger partial charge in [0.25, 0.3) is 0 Å². The average molecular weight is 293 g/mol. The minimum atomic E-state index is -3.09. The molecule has 2 heterocycles. The number of anilines is 1. The first-order chi connectivity index (χ1) is 9.55. The number of sulfonamides is 1. The third-order valence-electron chi connectivity index (χ3n) is 3.83. The SMILES string of the molecule is CS(=O)(=O)N1CCCN(c2c[nH]c3ccccc23)CC1. The summed E-state index contributed by atoms with van der Waals surface area (Å²) >= 11 is 0. The van der Waals surface area contributed by atoms with Crippen LogP contribution in [0.3, 0.4) is 0 Å². The zero-order chi connectivity index (χ0) is 14.2. The van der Waals surface area contributed by atoms with Gasteiger partial charge in [-0.05, 0) is 12.5 Å². The third-order valence-corrected chi connectivity index (χ3v) is 5.14. The molecule has 5 nitrogen and oxygen atoms in total. The Hall–Kier alpha value is -1.53. The van der Waals surface area contributed by atoms with E-state index in [0.717, 1.165) is 30.7 Å². The maximum absolute atomic E-state index is 11.6. The van der Waals surface area contributed by atoms with E-state index in [-0.39, 0.29) is 0 Å². The van der Waals surface area contributed by atoms with Gasteiger partial charge >= 0.3 is 0 Å². The van der Waals surface area contributed by atoms with Crippen molar-refractivity contribution in [3.8, 4) is 0 Å². The lowest BCUT2D eigenvalue weighted by Gasteiger charge is -2.22. The first-order valence-electron chi connectivity index (χ1n) is 6.82. The van der Waals surface area contributed by atoms with Gasteiger partial charge in [0.2, 0.25) is 10.0 Å². The average Bonchev–Trinajstić information content (AvgIpc) is 2.66. The highest BCUT2D eigenvalue weighted by atomic mass is 32.2. The zero-order valence-electron chi connectivity index (χ0n) is 11.5. The molecule has 1 fully saturated rings. The highest BCUT2D eigenvalue weighted by Gasteiger charge is 2.22. The number of nitrogens with one attached hydrogen (secondary N) is 1. The van der Waals surface area contributed by atoms with Crippen LogP contribution >= 0.6 is 0 Å². The fourth-order valence-electron chi connectivity index (χ4n) is 2.78. The summed E-state index contributed by atoms with van der Waals surface area (Å²) in [7, 11) is -3.09. The van der Waals surface area contributed by atoms with Crippen molar-refractivity contribution < 1.29 is 8.42 Å². The molecule has 3 rings (SSSR count). The van der Waals surface area contributed by atoms with Crippen LogP contribution in [0.2, 0.25) is 0 Å². The standard InChI is InChI=1S/C14H19N3O2S/c1-20(18,19)17-8-4-7-16(9-10-17)14-11-15-13-6-3-2-5-12(13)14/h2-3,5-6,11,15H,4,7-10H2,1H3. The number of nitrogens with zero attached hydrogens (tertiary/aromatic N) is 2. The lowest BCUT2D eigenvalue weighted by atomic mass is 10.2. The molecule has 0 aliphatic carbocycles. The lowest BCUT2D eigenvalue weighted by Crippen LogP contribution is -2.34. The Morgan fingerprint density at radius 2 is 1.90 bits per heavy atom. The van der Waals surface area contributed by atoms with Crippen LogP contribution in [-0.4, -0.2) is 50.1 Å². The van der Waals surface area contributed by atoms with E-state index in [1.807, 2.05) is 18.3 Å². The molecule has 1 aliphatic rings. The number of para-hydroxylation sites is 1. The monoisotopic (exact) mass is 293 g/mol. The quantitative estimate of drug-likeness (QED) is 0.916. The second-order valence-corrected chi connectivity index (χ2v) is 7.20. The molecule has 0 saturated carbocycles. The third kappa shape index (κ3) is 2.53. The Bertz CT molecular complexity index is 708. The molecule has 0 spiro atoms. The van der Waals surface area contributed by atoms with Crippen molar-refractivity contribution in [1.29, 1.82) is 0 Å². The Morgan fingerprint density at radius 3 is 2.70 bits per heavy atom. The van der Waals surface area contributed by atoms with Gasteiger partial charge in [-0.15, -0.1) is 0 Å². The van der Waals surface area contributed by atoms with Crippen molar-refractivity contribution in [3.05, 3.63) is 30.5 Å². The number of hydrogen-bond donors (Lipinski definition) is 1. The van der Waals surface area contributed by atoms with Gasteiger partial charge in [-0.1, -0.05) is 18.2 Å². The van der Waals surface area contributed by atoms with Crippen molar-refractivity contribution >= 4 is 26.6 Å². The molecule has 20 heavy (non-hydrogen) atoms. The van der Waals surface area contributed by atoms with Gasteiger partial charge in [0.15, 0.2) is 0 Å². The highest BCUT2D eigenvalue weighted by Crippen LogP contribution is 2.27. The molecule has 1 aromatic carbocycles. The summed E-state index contributed by atoms with van der Waals surface area (Å²) in [6, 6.07) is 8.19. The summed E-state index contributed by atoms with van der Waals surface area (Å²) in [6.07, 6.45) is 4.15. The first kappa shape index (κ1) is 13.5. The minimum absolute atomic E-state index is 0.554. The summed E-state index contributed by atoms with van der Waals surface area (Å²) < 4.78 is 24.9. The van der Waals surface area contributed by atoms with Crippen LogP contribution in [0.5, 0.6) is 0 Å². The normalized spacial score (nSPS) is 18.4. The fraction of sp³-hybridized carbons (Fsp3) is 0.429. The molecule has 0 bridgehead atoms. The molecular formula is C14H19N3O2S. The predicted octanol–water partition coefficient (Wildman–Crippen LogP) is 1.64. The number of H-pyrrole nitrogens is 1. The molecule has 1 aromatic heterocycles. The van der Waals surface area contributed by atoms with Gasteiger partial charge in [0.1, 0.15) is 0 Å².